The van der Waals surface area contributed by atoms with Gasteiger partial charge >= 0.3 is 137 Å². The molecule has 0 bridgehead atoms. The molecule has 0 spiro atoms. The second kappa shape index (κ2) is 21.8. The average Bonchev–Trinajstić information content (AvgIpc) is 3.85. The maximum atomic E-state index is 12.7. The third-order valence-electron chi connectivity index (χ3n) is 11.8. The number of rotatable bonds is 5. The maximum Gasteiger partial charge on any atom is -1.00 e. The number of halogens is 8. The summed E-state index contributed by atoms with van der Waals surface area (Å²) >= 11 is 0.729. The Hall–Kier alpha value is -4.29. The van der Waals surface area contributed by atoms with Crippen LogP contribution in [0.25, 0.3) is 33.4 Å². The molecule has 66 heavy (non-hydrogen) atoms. The maximum absolute atomic E-state index is 12.7. The van der Waals surface area contributed by atoms with Crippen LogP contribution in [-0.4, -0.2) is 3.21 Å². The monoisotopic (exact) mass is 1010 g/mol. The number of allylic oxidation sites excluding steroid dienone is 4. The number of fused-ring (bicyclic) bond motifs is 3. The van der Waals surface area contributed by atoms with Crippen molar-refractivity contribution in [2.75, 3.05) is 0 Å². The summed E-state index contributed by atoms with van der Waals surface area (Å²) < 4.78 is 76.7. The van der Waals surface area contributed by atoms with Crippen LogP contribution in [0.15, 0.2) is 121 Å². The molecule has 0 saturated carbocycles. The van der Waals surface area contributed by atoms with Gasteiger partial charge in [0.25, 0.3) is 0 Å². The van der Waals surface area contributed by atoms with Crippen LogP contribution in [-0.2, 0) is 43.0 Å². The predicted octanol–water partition coefficient (Wildman–Crippen LogP) is 10.4. The molecule has 8 rings (SSSR count). The first kappa shape index (κ1) is 54.3. The minimum atomic E-state index is -4.49. The molecule has 344 valence electrons. The fourth-order valence-corrected chi connectivity index (χ4v) is 9.51. The molecule has 0 aliphatic heterocycles. The van der Waals surface area contributed by atoms with E-state index in [0.29, 0.717) is 14.5 Å². The summed E-state index contributed by atoms with van der Waals surface area (Å²) in [6.45, 7) is 22.2. The van der Waals surface area contributed by atoms with Gasteiger partial charge in [0.15, 0.2) is 0 Å². The fraction of sp³-hybridized carbons (Fsp3) is 0.281. The molecule has 0 aromatic heterocycles. The van der Waals surface area contributed by atoms with Crippen molar-refractivity contribution in [2.24, 2.45) is 11.3 Å². The van der Waals surface area contributed by atoms with Gasteiger partial charge in [-0.25, -0.2) is 6.08 Å². The molecule has 0 radical (unpaired) electrons. The van der Waals surface area contributed by atoms with Crippen LogP contribution in [0.4, 0.5) is 26.3 Å². The van der Waals surface area contributed by atoms with Crippen molar-refractivity contribution in [3.63, 3.8) is 0 Å². The molecule has 0 saturated heterocycles. The van der Waals surface area contributed by atoms with Gasteiger partial charge in [-0.05, 0) is 75.8 Å². The minimum absolute atomic E-state index is 0. The zero-order valence-corrected chi connectivity index (χ0v) is 43.0. The molecule has 0 nitrogen and oxygen atoms in total. The van der Waals surface area contributed by atoms with E-state index in [0.717, 1.165) is 54.9 Å². The van der Waals surface area contributed by atoms with Crippen molar-refractivity contribution in [1.29, 1.82) is 0 Å². The van der Waals surface area contributed by atoms with Crippen LogP contribution in [0, 0.1) is 65.0 Å². The van der Waals surface area contributed by atoms with Crippen LogP contribution in [0.3, 0.4) is 0 Å². The summed E-state index contributed by atoms with van der Waals surface area (Å²) in [5.41, 5.74) is 19.3. The van der Waals surface area contributed by atoms with Crippen molar-refractivity contribution in [1.82, 2.24) is 0 Å². The number of hydrogen-bond acceptors (Lipinski definition) is 0. The Morgan fingerprint density at radius 3 is 1.55 bits per heavy atom. The summed E-state index contributed by atoms with van der Waals surface area (Å²) in [4.78, 5) is 0. The van der Waals surface area contributed by atoms with E-state index in [1.54, 1.807) is 0 Å². The van der Waals surface area contributed by atoms with Gasteiger partial charge in [-0.15, -0.1) is 29.3 Å². The van der Waals surface area contributed by atoms with Gasteiger partial charge in [0.05, 0.1) is 0 Å². The predicted molar refractivity (Wildman–Crippen MR) is 248 cm³/mol. The Bertz CT molecular complexity index is 2570. The van der Waals surface area contributed by atoms with E-state index in [2.05, 4.69) is 148 Å². The summed E-state index contributed by atoms with van der Waals surface area (Å²) in [7, 11) is 0. The molecule has 6 aromatic carbocycles. The number of aryl methyl sites for hydroxylation is 6. The first-order valence-electron chi connectivity index (χ1n) is 21.5. The number of benzene rings is 6. The van der Waals surface area contributed by atoms with Gasteiger partial charge < -0.3 is 24.8 Å². The summed E-state index contributed by atoms with van der Waals surface area (Å²) in [6, 6.07) is 33.6. The Balaban J connectivity index is 0.000000238. The first-order chi connectivity index (χ1) is 29.9. The molecule has 0 amide bonds. The summed E-state index contributed by atoms with van der Waals surface area (Å²) in [5, 5.41) is 0. The first-order valence-corrected chi connectivity index (χ1v) is 22.8. The molecule has 0 N–H and O–H groups in total. The van der Waals surface area contributed by atoms with Crippen LogP contribution >= 0.6 is 0 Å². The van der Waals surface area contributed by atoms with E-state index in [1.807, 2.05) is 0 Å². The zero-order valence-electron chi connectivity index (χ0n) is 39.0. The molecule has 0 heterocycles. The summed E-state index contributed by atoms with van der Waals surface area (Å²) in [5.74, 6) is 0.573. The fourth-order valence-electron chi connectivity index (χ4n) is 8.75. The minimum Gasteiger partial charge on any atom is -1.00 e. The van der Waals surface area contributed by atoms with Gasteiger partial charge in [-0.3, -0.25) is 6.08 Å². The summed E-state index contributed by atoms with van der Waals surface area (Å²) in [6.07, 6.45) is 0.989. The third kappa shape index (κ3) is 12.8. The Morgan fingerprint density at radius 1 is 0.621 bits per heavy atom. The van der Waals surface area contributed by atoms with Crippen molar-refractivity contribution in [3.05, 3.63) is 200 Å². The van der Waals surface area contributed by atoms with Crippen molar-refractivity contribution in [3.8, 4) is 33.4 Å². The number of alkyl halides is 6. The Kier molecular flexibility index (Phi) is 17.9. The van der Waals surface area contributed by atoms with Crippen molar-refractivity contribution < 1.29 is 75.4 Å². The van der Waals surface area contributed by atoms with Crippen LogP contribution in [0.5, 0.6) is 0 Å². The van der Waals surface area contributed by atoms with E-state index in [1.165, 1.54) is 114 Å². The third-order valence-corrected chi connectivity index (χ3v) is 13.2. The average molecular weight is 1020 g/mol. The van der Waals surface area contributed by atoms with Gasteiger partial charge in [-0.2, -0.15) is 11.6 Å². The van der Waals surface area contributed by atoms with Gasteiger partial charge in [0.1, 0.15) is 0 Å². The van der Waals surface area contributed by atoms with Crippen LogP contribution < -0.4 is 24.8 Å². The van der Waals surface area contributed by atoms with E-state index < -0.39 is 23.5 Å². The van der Waals surface area contributed by atoms with Gasteiger partial charge in [0, 0.05) is 0 Å². The molecule has 9 heteroatoms. The second-order valence-electron chi connectivity index (χ2n) is 18.1. The molecule has 6 aromatic rings. The molecular weight excluding hydrogens is 961 g/mol. The topological polar surface area (TPSA) is 0 Å². The molecule has 1 atom stereocenters. The molecule has 2 aliphatic rings. The Morgan fingerprint density at radius 2 is 1.11 bits per heavy atom. The van der Waals surface area contributed by atoms with Crippen molar-refractivity contribution >= 4 is 3.21 Å². The van der Waals surface area contributed by atoms with E-state index in [4.69, 9.17) is 0 Å². The van der Waals surface area contributed by atoms with Crippen LogP contribution in [0.1, 0.15) is 101 Å². The van der Waals surface area contributed by atoms with Gasteiger partial charge in [-0.1, -0.05) is 127 Å². The van der Waals surface area contributed by atoms with Gasteiger partial charge in [0.2, 0.25) is 0 Å². The molecule has 2 aliphatic carbocycles. The van der Waals surface area contributed by atoms with E-state index >= 15 is 0 Å². The van der Waals surface area contributed by atoms with Crippen LogP contribution in [0.2, 0.25) is 0 Å². The molecule has 1 unspecified atom stereocenters. The van der Waals surface area contributed by atoms with E-state index in [-0.39, 0.29) is 35.9 Å². The standard InChI is InChI=1S/C31H29.C15H8F6.C11H17.2ClH.Zr/c1-18-11-20(3)30(21(4)12-18)24-7-9-28-26(15-24)17-27-16-25(8-10-29(27)28)31-22(5)13-19(2)14-23(31)6;16-14(17,18)12-5-1-3-10(8-12)7-11-4-2-6-13(9-11)15(19,20)21;1-5-9-6-7-10(8-9)11(2,3)4;;;/h7-15H,17H2,1-6H3;1-6,8-9H;7-9H,5H2,1-4H3;2*1H;/q-1;;-1;;;+2/p-2. The van der Waals surface area contributed by atoms with E-state index in [9.17, 15) is 26.3 Å². The largest absolute Gasteiger partial charge is 1.00 e. The zero-order chi connectivity index (χ0) is 46.9. The molecular formula is C57H54Cl2F6Zr-2. The quantitative estimate of drug-likeness (QED) is 0.119. The van der Waals surface area contributed by atoms with Crippen molar-refractivity contribution in [2.45, 2.75) is 94.4 Å². The molecule has 0 fully saturated rings. The Labute approximate surface area is 414 Å². The normalized spacial score (nSPS) is 13.8. The SMILES string of the molecule is CCC1[C-]=CC(C(C)(C)C)=C1.Cc1cc(C)c(-c2[c-]c3c(cc2)-c2ccc(-c4c(C)cc(C)cc4C)cc2C3)c(C)c1.FC(F)(F)c1cccc([C](=[Zr+2])c2cccc(C(F)(F)F)c2)c1.[Cl-].[Cl-]. The smallest absolute Gasteiger partial charge is 1.00 e. The number of hydrogen-bond donors (Lipinski definition) is 0. The second-order valence-corrected chi connectivity index (χ2v) is 19.3.